The van der Waals surface area contributed by atoms with Gasteiger partial charge in [-0.25, -0.2) is 0 Å². The first kappa shape index (κ1) is 27.5. The third-order valence-electron chi connectivity index (χ3n) is 7.57. The van der Waals surface area contributed by atoms with E-state index in [0.29, 0.717) is 12.6 Å². The Bertz CT molecular complexity index is 1270. The molecule has 0 atom stereocenters. The van der Waals surface area contributed by atoms with E-state index in [4.69, 9.17) is 5.41 Å². The lowest BCUT2D eigenvalue weighted by Gasteiger charge is -2.24. The van der Waals surface area contributed by atoms with Crippen molar-refractivity contribution in [3.63, 3.8) is 0 Å². The number of hydrogen-bond donors (Lipinski definition) is 4. The van der Waals surface area contributed by atoms with Gasteiger partial charge in [0.2, 0.25) is 0 Å². The fourth-order valence-electron chi connectivity index (χ4n) is 5.43. The molecule has 1 aliphatic carbocycles. The van der Waals surface area contributed by atoms with E-state index in [1.165, 1.54) is 48.6 Å². The Morgan fingerprint density at radius 3 is 2.58 bits per heavy atom. The summed E-state index contributed by atoms with van der Waals surface area (Å²) >= 11 is 0. The molecule has 0 spiro atoms. The molecule has 1 heterocycles. The molecule has 1 fully saturated rings. The number of rotatable bonds is 11. The van der Waals surface area contributed by atoms with Crippen LogP contribution < -0.4 is 16.0 Å². The van der Waals surface area contributed by atoms with Gasteiger partial charge in [0.05, 0.1) is 0 Å². The molecule has 2 aromatic carbocycles. The summed E-state index contributed by atoms with van der Waals surface area (Å²) in [7, 11) is 4.22. The van der Waals surface area contributed by atoms with Crippen LogP contribution in [0.25, 0.3) is 16.8 Å². The number of dihydropyridines is 1. The van der Waals surface area contributed by atoms with Gasteiger partial charge in [-0.15, -0.1) is 0 Å². The molecular formula is C33H43N5. The van der Waals surface area contributed by atoms with Crippen LogP contribution in [-0.4, -0.2) is 44.3 Å². The zero-order valence-electron chi connectivity index (χ0n) is 23.5. The smallest absolute Gasteiger partial charge is 0.0444 e. The Morgan fingerprint density at radius 2 is 1.89 bits per heavy atom. The largest absolute Gasteiger partial charge is 0.382 e. The van der Waals surface area contributed by atoms with E-state index in [1.54, 1.807) is 0 Å². The van der Waals surface area contributed by atoms with Crippen molar-refractivity contribution in [3.05, 3.63) is 94.9 Å². The number of benzene rings is 2. The lowest BCUT2D eigenvalue weighted by molar-refractivity contribution is 0.413. The summed E-state index contributed by atoms with van der Waals surface area (Å²) in [6, 6.07) is 13.7. The highest BCUT2D eigenvalue weighted by Gasteiger charge is 2.20. The van der Waals surface area contributed by atoms with Gasteiger partial charge in [0.1, 0.15) is 0 Å². The van der Waals surface area contributed by atoms with Crippen LogP contribution in [0.3, 0.4) is 0 Å². The molecule has 0 bridgehead atoms. The highest BCUT2D eigenvalue weighted by molar-refractivity contribution is 5.95. The highest BCUT2D eigenvalue weighted by atomic mass is 15.0. The maximum Gasteiger partial charge on any atom is 0.0444 e. The van der Waals surface area contributed by atoms with Crippen LogP contribution in [-0.2, 0) is 6.42 Å². The normalized spacial score (nSPS) is 15.9. The summed E-state index contributed by atoms with van der Waals surface area (Å²) in [5.74, 6) is 0. The van der Waals surface area contributed by atoms with E-state index in [9.17, 15) is 0 Å². The van der Waals surface area contributed by atoms with E-state index in [0.717, 1.165) is 58.0 Å². The van der Waals surface area contributed by atoms with Crippen LogP contribution in [0.4, 0.5) is 5.69 Å². The van der Waals surface area contributed by atoms with E-state index in [2.05, 4.69) is 97.5 Å². The summed E-state index contributed by atoms with van der Waals surface area (Å²) < 4.78 is 0. The maximum atomic E-state index is 8.33. The summed E-state index contributed by atoms with van der Waals surface area (Å²) in [5, 5.41) is 19.0. The SMILES string of the molecule is C=C1NC(C)=CC(C)=C1CNC(=C)c1cc(-c2cccc(CCN(C)C)c2)cc(NC2CCCC2)c1C=N. The molecule has 4 rings (SSSR count). The second-order valence-corrected chi connectivity index (χ2v) is 10.9. The van der Waals surface area contributed by atoms with Crippen LogP contribution in [0, 0.1) is 5.41 Å². The number of likely N-dealkylation sites (N-methyl/N-ethyl adjacent to an activating group) is 1. The van der Waals surface area contributed by atoms with Crippen LogP contribution in [0.15, 0.2) is 78.2 Å². The first-order valence-electron chi connectivity index (χ1n) is 13.7. The summed E-state index contributed by atoms with van der Waals surface area (Å²) in [6.07, 6.45) is 9.48. The van der Waals surface area contributed by atoms with Gasteiger partial charge in [0, 0.05) is 59.3 Å². The van der Waals surface area contributed by atoms with Crippen LogP contribution in [0.1, 0.15) is 56.2 Å². The van der Waals surface area contributed by atoms with Crippen molar-refractivity contribution < 1.29 is 0 Å². The predicted octanol–water partition coefficient (Wildman–Crippen LogP) is 6.71. The second-order valence-electron chi connectivity index (χ2n) is 10.9. The van der Waals surface area contributed by atoms with Crippen LogP contribution >= 0.6 is 0 Å². The predicted molar refractivity (Wildman–Crippen MR) is 164 cm³/mol. The van der Waals surface area contributed by atoms with Crippen molar-refractivity contribution in [2.75, 3.05) is 32.5 Å². The van der Waals surface area contributed by atoms with Gasteiger partial charge in [-0.3, -0.25) is 0 Å². The average Bonchev–Trinajstić information content (AvgIpc) is 3.39. The fraction of sp³-hybridized carbons (Fsp3) is 0.364. The minimum atomic E-state index is 0.448. The Kier molecular flexibility index (Phi) is 8.90. The average molecular weight is 510 g/mol. The van der Waals surface area contributed by atoms with Gasteiger partial charge in [-0.2, -0.15) is 0 Å². The Balaban J connectivity index is 1.69. The maximum absolute atomic E-state index is 8.33. The van der Waals surface area contributed by atoms with Gasteiger partial charge >= 0.3 is 0 Å². The van der Waals surface area contributed by atoms with Crippen molar-refractivity contribution in [3.8, 4) is 11.1 Å². The van der Waals surface area contributed by atoms with E-state index in [1.807, 2.05) is 6.92 Å². The number of anilines is 1. The summed E-state index contributed by atoms with van der Waals surface area (Å²) in [4.78, 5) is 2.22. The van der Waals surface area contributed by atoms with E-state index >= 15 is 0 Å². The molecule has 38 heavy (non-hydrogen) atoms. The van der Waals surface area contributed by atoms with Crippen molar-refractivity contribution >= 4 is 17.6 Å². The minimum Gasteiger partial charge on any atom is -0.382 e. The molecule has 2 aliphatic rings. The Labute approximate surface area is 228 Å². The van der Waals surface area contributed by atoms with Gasteiger partial charge < -0.3 is 26.3 Å². The first-order valence-corrected chi connectivity index (χ1v) is 13.7. The number of nitrogens with zero attached hydrogens (tertiary/aromatic N) is 1. The third-order valence-corrected chi connectivity index (χ3v) is 7.57. The van der Waals surface area contributed by atoms with E-state index in [-0.39, 0.29) is 0 Å². The van der Waals surface area contributed by atoms with Gasteiger partial charge in [-0.1, -0.05) is 50.3 Å². The number of hydrogen-bond acceptors (Lipinski definition) is 5. The summed E-state index contributed by atoms with van der Waals surface area (Å²) in [6.45, 7) is 14.4. The lowest BCUT2D eigenvalue weighted by Crippen LogP contribution is -2.25. The Morgan fingerprint density at radius 1 is 1.13 bits per heavy atom. The minimum absolute atomic E-state index is 0.448. The fourth-order valence-corrected chi connectivity index (χ4v) is 5.43. The molecule has 2 aromatic rings. The lowest BCUT2D eigenvalue weighted by atomic mass is 9.94. The van der Waals surface area contributed by atoms with Gasteiger partial charge in [0.15, 0.2) is 0 Å². The molecule has 0 amide bonds. The molecular weight excluding hydrogens is 466 g/mol. The number of allylic oxidation sites excluding steroid dienone is 3. The number of nitrogens with one attached hydrogen (secondary N) is 4. The monoisotopic (exact) mass is 509 g/mol. The molecule has 0 saturated heterocycles. The molecule has 1 saturated carbocycles. The van der Waals surface area contributed by atoms with Crippen molar-refractivity contribution in [1.82, 2.24) is 15.5 Å². The molecule has 0 radical (unpaired) electrons. The zero-order valence-corrected chi connectivity index (χ0v) is 23.5. The van der Waals surface area contributed by atoms with Crippen LogP contribution in [0.5, 0.6) is 0 Å². The standard InChI is InChI=1S/C33H43N5/c1-22-16-23(2)36-25(4)32(22)21-35-24(3)30-18-28(27-11-9-10-26(17-27)14-15-38(5)6)19-33(31(30)20-34)37-29-12-7-8-13-29/h9-11,16-20,29,34-37H,3-4,7-8,12-15,21H2,1-2,5-6H3. The molecule has 200 valence electrons. The molecule has 5 nitrogen and oxygen atoms in total. The highest BCUT2D eigenvalue weighted by Crippen LogP contribution is 2.34. The molecule has 1 aliphatic heterocycles. The Hall–Kier alpha value is -3.57. The molecule has 4 N–H and O–H groups in total. The third kappa shape index (κ3) is 6.65. The van der Waals surface area contributed by atoms with Crippen molar-refractivity contribution in [2.24, 2.45) is 0 Å². The van der Waals surface area contributed by atoms with Crippen molar-refractivity contribution in [1.29, 1.82) is 5.41 Å². The van der Waals surface area contributed by atoms with Crippen molar-refractivity contribution in [2.45, 2.75) is 52.0 Å². The van der Waals surface area contributed by atoms with Gasteiger partial charge in [-0.05, 0) is 93.3 Å². The summed E-state index contributed by atoms with van der Waals surface area (Å²) in [5.41, 5.74) is 11.7. The van der Waals surface area contributed by atoms with Crippen LogP contribution in [0.2, 0.25) is 0 Å². The first-order chi connectivity index (χ1) is 18.2. The zero-order chi connectivity index (χ0) is 27.2. The molecule has 0 unspecified atom stereocenters. The topological polar surface area (TPSA) is 63.2 Å². The van der Waals surface area contributed by atoms with E-state index < -0.39 is 0 Å². The molecule has 0 aromatic heterocycles. The molecule has 5 heteroatoms. The van der Waals surface area contributed by atoms with Gasteiger partial charge in [0.25, 0.3) is 0 Å². The quantitative estimate of drug-likeness (QED) is 0.254. The second kappa shape index (κ2) is 12.3.